The summed E-state index contributed by atoms with van der Waals surface area (Å²) >= 11 is 12.0. The number of hydrogen-bond acceptors (Lipinski definition) is 1. The second kappa shape index (κ2) is 4.26. The van der Waals surface area contributed by atoms with Crippen molar-refractivity contribution in [2.75, 3.05) is 0 Å². The summed E-state index contributed by atoms with van der Waals surface area (Å²) in [5.41, 5.74) is 2.20. The smallest absolute Gasteiger partial charge is 0.138 e. The highest BCUT2D eigenvalue weighted by Gasteiger charge is 2.09. The minimum absolute atomic E-state index is 0.282. The van der Waals surface area contributed by atoms with E-state index in [1.165, 1.54) is 12.1 Å². The van der Waals surface area contributed by atoms with Crippen LogP contribution in [-0.4, -0.2) is 9.97 Å². The third-order valence-electron chi connectivity index (χ3n) is 2.62. The standard InChI is InChI=1S/C13H7Cl2FN2/c14-8-5-10(15)12-11(6-8)17-13(18-12)7-1-3-9(16)4-2-7/h1-6H,(H,17,18). The van der Waals surface area contributed by atoms with Crippen molar-refractivity contribution in [2.45, 2.75) is 0 Å². The zero-order chi connectivity index (χ0) is 12.7. The molecule has 0 aliphatic carbocycles. The molecule has 1 aromatic heterocycles. The largest absolute Gasteiger partial charge is 0.338 e. The van der Waals surface area contributed by atoms with Gasteiger partial charge in [-0.1, -0.05) is 23.2 Å². The number of fused-ring (bicyclic) bond motifs is 1. The molecule has 0 saturated carbocycles. The first-order chi connectivity index (χ1) is 8.63. The lowest BCUT2D eigenvalue weighted by Crippen LogP contribution is -1.80. The number of rotatable bonds is 1. The summed E-state index contributed by atoms with van der Waals surface area (Å²) in [6, 6.07) is 9.48. The van der Waals surface area contributed by atoms with Gasteiger partial charge in [-0.05, 0) is 36.4 Å². The minimum atomic E-state index is -0.282. The third kappa shape index (κ3) is 1.96. The van der Waals surface area contributed by atoms with Crippen molar-refractivity contribution >= 4 is 34.2 Å². The van der Waals surface area contributed by atoms with Gasteiger partial charge in [0.05, 0.1) is 10.5 Å². The van der Waals surface area contributed by atoms with Gasteiger partial charge in [0.1, 0.15) is 17.2 Å². The van der Waals surface area contributed by atoms with Gasteiger partial charge in [0.25, 0.3) is 0 Å². The lowest BCUT2D eigenvalue weighted by Gasteiger charge is -1.94. The molecule has 18 heavy (non-hydrogen) atoms. The predicted octanol–water partition coefficient (Wildman–Crippen LogP) is 4.68. The molecule has 0 saturated heterocycles. The van der Waals surface area contributed by atoms with E-state index in [1.54, 1.807) is 24.3 Å². The Morgan fingerprint density at radius 1 is 1.06 bits per heavy atom. The number of imidazole rings is 1. The van der Waals surface area contributed by atoms with Crippen molar-refractivity contribution in [3.63, 3.8) is 0 Å². The van der Waals surface area contributed by atoms with Crippen LogP contribution in [0.1, 0.15) is 0 Å². The Hall–Kier alpha value is -1.58. The highest BCUT2D eigenvalue weighted by molar-refractivity contribution is 6.38. The average Bonchev–Trinajstić information content (AvgIpc) is 2.74. The Balaban J connectivity index is 2.19. The van der Waals surface area contributed by atoms with Crippen molar-refractivity contribution in [3.05, 3.63) is 52.3 Å². The van der Waals surface area contributed by atoms with Gasteiger partial charge < -0.3 is 4.98 Å². The van der Waals surface area contributed by atoms with E-state index in [2.05, 4.69) is 9.97 Å². The summed E-state index contributed by atoms with van der Waals surface area (Å²) < 4.78 is 12.9. The zero-order valence-electron chi connectivity index (χ0n) is 9.05. The molecule has 2 nitrogen and oxygen atoms in total. The van der Waals surface area contributed by atoms with Crippen molar-refractivity contribution in [1.29, 1.82) is 0 Å². The van der Waals surface area contributed by atoms with Crippen LogP contribution < -0.4 is 0 Å². The summed E-state index contributed by atoms with van der Waals surface area (Å²) in [6.07, 6.45) is 0. The molecule has 2 aromatic carbocycles. The topological polar surface area (TPSA) is 28.7 Å². The van der Waals surface area contributed by atoms with E-state index >= 15 is 0 Å². The second-order valence-corrected chi connectivity index (χ2v) is 4.72. The van der Waals surface area contributed by atoms with E-state index in [4.69, 9.17) is 23.2 Å². The summed E-state index contributed by atoms with van der Waals surface area (Å²) in [7, 11) is 0. The van der Waals surface area contributed by atoms with Crippen LogP contribution in [-0.2, 0) is 0 Å². The summed E-state index contributed by atoms with van der Waals surface area (Å²) in [6.45, 7) is 0. The fraction of sp³-hybridized carbons (Fsp3) is 0. The molecule has 0 radical (unpaired) electrons. The fourth-order valence-corrected chi connectivity index (χ4v) is 2.32. The molecular formula is C13H7Cl2FN2. The van der Waals surface area contributed by atoms with Gasteiger partial charge in [-0.2, -0.15) is 0 Å². The van der Waals surface area contributed by atoms with Crippen molar-refractivity contribution in [1.82, 2.24) is 9.97 Å². The van der Waals surface area contributed by atoms with Crippen molar-refractivity contribution in [3.8, 4) is 11.4 Å². The van der Waals surface area contributed by atoms with Crippen molar-refractivity contribution in [2.24, 2.45) is 0 Å². The first-order valence-electron chi connectivity index (χ1n) is 5.24. The predicted molar refractivity (Wildman–Crippen MR) is 71.5 cm³/mol. The molecule has 0 aliphatic rings. The summed E-state index contributed by atoms with van der Waals surface area (Å²) in [5, 5.41) is 1.03. The third-order valence-corrected chi connectivity index (χ3v) is 3.13. The van der Waals surface area contributed by atoms with E-state index in [1.807, 2.05) is 0 Å². The SMILES string of the molecule is Fc1ccc(-c2nc3c(Cl)cc(Cl)cc3[nH]2)cc1. The lowest BCUT2D eigenvalue weighted by molar-refractivity contribution is 0.628. The number of hydrogen-bond donors (Lipinski definition) is 1. The molecule has 0 fully saturated rings. The van der Waals surface area contributed by atoms with E-state index in [0.29, 0.717) is 21.4 Å². The highest BCUT2D eigenvalue weighted by Crippen LogP contribution is 2.28. The number of nitrogens with zero attached hydrogens (tertiary/aromatic N) is 1. The zero-order valence-corrected chi connectivity index (χ0v) is 10.6. The molecule has 1 heterocycles. The maximum absolute atomic E-state index is 12.9. The van der Waals surface area contributed by atoms with E-state index in [9.17, 15) is 4.39 Å². The van der Waals surface area contributed by atoms with Crippen LogP contribution in [0.5, 0.6) is 0 Å². The van der Waals surface area contributed by atoms with Crippen LogP contribution in [0.2, 0.25) is 10.0 Å². The maximum Gasteiger partial charge on any atom is 0.138 e. The van der Waals surface area contributed by atoms with Crippen LogP contribution in [0.25, 0.3) is 22.4 Å². The number of H-pyrrole nitrogens is 1. The Bertz CT molecular complexity index is 720. The molecule has 0 aliphatic heterocycles. The first-order valence-corrected chi connectivity index (χ1v) is 6.00. The number of benzene rings is 2. The van der Waals surface area contributed by atoms with Gasteiger partial charge >= 0.3 is 0 Å². The van der Waals surface area contributed by atoms with E-state index < -0.39 is 0 Å². The van der Waals surface area contributed by atoms with Crippen LogP contribution >= 0.6 is 23.2 Å². The number of nitrogens with one attached hydrogen (secondary N) is 1. The lowest BCUT2D eigenvalue weighted by atomic mass is 10.2. The second-order valence-electron chi connectivity index (χ2n) is 3.88. The minimum Gasteiger partial charge on any atom is -0.338 e. The van der Waals surface area contributed by atoms with Crippen LogP contribution in [0.3, 0.4) is 0 Å². The average molecular weight is 281 g/mol. The molecule has 1 N–H and O–H groups in total. The summed E-state index contributed by atoms with van der Waals surface area (Å²) in [5.74, 6) is 0.352. The maximum atomic E-state index is 12.9. The van der Waals surface area contributed by atoms with Gasteiger partial charge in [0, 0.05) is 10.6 Å². The quantitative estimate of drug-likeness (QED) is 0.689. The van der Waals surface area contributed by atoms with E-state index in [-0.39, 0.29) is 5.82 Å². The number of aromatic nitrogens is 2. The Morgan fingerprint density at radius 2 is 1.78 bits per heavy atom. The molecule has 0 spiro atoms. The first kappa shape index (κ1) is 11.5. The molecule has 0 amide bonds. The Kier molecular flexibility index (Phi) is 2.73. The van der Waals surface area contributed by atoms with Crippen molar-refractivity contribution < 1.29 is 4.39 Å². The molecule has 0 unspecified atom stereocenters. The van der Waals surface area contributed by atoms with Gasteiger partial charge in [0.2, 0.25) is 0 Å². The van der Waals surface area contributed by atoms with Crippen LogP contribution in [0.15, 0.2) is 36.4 Å². The summed E-state index contributed by atoms with van der Waals surface area (Å²) in [4.78, 5) is 7.50. The van der Waals surface area contributed by atoms with Crippen LogP contribution in [0, 0.1) is 5.82 Å². The van der Waals surface area contributed by atoms with E-state index in [0.717, 1.165) is 11.1 Å². The molecule has 3 aromatic rings. The monoisotopic (exact) mass is 280 g/mol. The van der Waals surface area contributed by atoms with Gasteiger partial charge in [-0.15, -0.1) is 0 Å². The Morgan fingerprint density at radius 3 is 2.50 bits per heavy atom. The fourth-order valence-electron chi connectivity index (χ4n) is 1.79. The molecule has 5 heteroatoms. The number of aromatic amines is 1. The normalized spacial score (nSPS) is 11.1. The molecular weight excluding hydrogens is 274 g/mol. The highest BCUT2D eigenvalue weighted by atomic mass is 35.5. The van der Waals surface area contributed by atoms with Crippen LogP contribution in [0.4, 0.5) is 4.39 Å². The number of halogens is 3. The molecule has 3 rings (SSSR count). The Labute approximate surface area is 112 Å². The molecule has 0 atom stereocenters. The molecule has 0 bridgehead atoms. The van der Waals surface area contributed by atoms with Gasteiger partial charge in [-0.25, -0.2) is 9.37 Å². The van der Waals surface area contributed by atoms with Gasteiger partial charge in [0.15, 0.2) is 0 Å². The van der Waals surface area contributed by atoms with Gasteiger partial charge in [-0.3, -0.25) is 0 Å². The molecule has 90 valence electrons.